The van der Waals surface area contributed by atoms with Crippen molar-refractivity contribution in [2.45, 2.75) is 13.5 Å². The second-order valence-corrected chi connectivity index (χ2v) is 4.65. The van der Waals surface area contributed by atoms with Crippen molar-refractivity contribution in [2.75, 3.05) is 0 Å². The van der Waals surface area contributed by atoms with Gasteiger partial charge in [0.15, 0.2) is 0 Å². The highest BCUT2D eigenvalue weighted by molar-refractivity contribution is 5.85. The molecule has 3 heteroatoms. The molecule has 1 N–H and O–H groups in total. The van der Waals surface area contributed by atoms with Crippen molar-refractivity contribution in [1.82, 2.24) is 4.98 Å². The Hall–Kier alpha value is -2.39. The van der Waals surface area contributed by atoms with Crippen LogP contribution in [0, 0.1) is 6.92 Å². The Morgan fingerprint density at radius 1 is 1.00 bits per heavy atom. The van der Waals surface area contributed by atoms with E-state index in [1.165, 1.54) is 0 Å². The number of aryl methyl sites for hydroxylation is 1. The molecule has 0 aliphatic carbocycles. The Morgan fingerprint density at radius 2 is 1.75 bits per heavy atom. The highest BCUT2D eigenvalue weighted by Gasteiger charge is 2.08. The van der Waals surface area contributed by atoms with E-state index in [2.05, 4.69) is 4.98 Å². The molecule has 100 valence electrons. The normalized spacial score (nSPS) is 10.7. The Labute approximate surface area is 117 Å². The van der Waals surface area contributed by atoms with E-state index in [4.69, 9.17) is 4.74 Å². The molecule has 2 aromatic carbocycles. The van der Waals surface area contributed by atoms with Crippen LogP contribution in [-0.2, 0) is 6.61 Å². The van der Waals surface area contributed by atoms with Crippen LogP contribution in [0.15, 0.2) is 54.6 Å². The first-order valence-corrected chi connectivity index (χ1v) is 6.51. The molecular weight excluding hydrogens is 250 g/mol. The van der Waals surface area contributed by atoms with Gasteiger partial charge in [0.1, 0.15) is 11.5 Å². The molecule has 3 aromatic rings. The molecule has 3 nitrogen and oxygen atoms in total. The van der Waals surface area contributed by atoms with Gasteiger partial charge >= 0.3 is 0 Å². The summed E-state index contributed by atoms with van der Waals surface area (Å²) in [5.74, 6) is 1.43. The number of hydrogen-bond acceptors (Lipinski definition) is 3. The summed E-state index contributed by atoms with van der Waals surface area (Å²) in [6.07, 6.45) is 0. The maximum absolute atomic E-state index is 9.37. The lowest BCUT2D eigenvalue weighted by atomic mass is 10.1. The number of pyridine rings is 1. The predicted molar refractivity (Wildman–Crippen MR) is 78.9 cm³/mol. The van der Waals surface area contributed by atoms with Gasteiger partial charge in [-0.1, -0.05) is 30.3 Å². The van der Waals surface area contributed by atoms with Crippen LogP contribution in [0.2, 0.25) is 0 Å². The topological polar surface area (TPSA) is 42.4 Å². The monoisotopic (exact) mass is 265 g/mol. The fraction of sp³-hybridized carbons (Fsp3) is 0.118. The van der Waals surface area contributed by atoms with E-state index in [1.54, 1.807) is 0 Å². The number of benzene rings is 2. The van der Waals surface area contributed by atoms with Gasteiger partial charge in [-0.25, -0.2) is 0 Å². The van der Waals surface area contributed by atoms with Gasteiger partial charge in [-0.05, 0) is 25.1 Å². The number of ether oxygens (including phenoxy) is 1. The summed E-state index contributed by atoms with van der Waals surface area (Å²) in [6.45, 7) is 1.90. The number of aromatic nitrogens is 1. The van der Waals surface area contributed by atoms with Crippen molar-refractivity contribution >= 4 is 10.9 Å². The molecule has 0 spiro atoms. The standard InChI is InChI=1S/C17H15NO2/c1-12-10-17(14-7-3-4-8-15(14)18-12)20-16-9-5-2-6-13(16)11-19/h2-10,19H,11H2,1H3. The van der Waals surface area contributed by atoms with E-state index in [1.807, 2.05) is 61.5 Å². The first-order chi connectivity index (χ1) is 9.78. The highest BCUT2D eigenvalue weighted by atomic mass is 16.5. The third-order valence-corrected chi connectivity index (χ3v) is 3.17. The van der Waals surface area contributed by atoms with Crippen molar-refractivity contribution in [3.63, 3.8) is 0 Å². The average Bonchev–Trinajstić information content (AvgIpc) is 2.47. The Bertz CT molecular complexity index is 753. The minimum Gasteiger partial charge on any atom is -0.456 e. The van der Waals surface area contributed by atoms with E-state index in [0.29, 0.717) is 5.75 Å². The molecule has 0 aliphatic rings. The van der Waals surface area contributed by atoms with E-state index < -0.39 is 0 Å². The van der Waals surface area contributed by atoms with Crippen molar-refractivity contribution < 1.29 is 9.84 Å². The molecule has 3 rings (SSSR count). The van der Waals surface area contributed by atoms with Crippen LogP contribution in [0.3, 0.4) is 0 Å². The van der Waals surface area contributed by atoms with E-state index in [0.717, 1.165) is 27.9 Å². The van der Waals surface area contributed by atoms with Crippen molar-refractivity contribution in [3.05, 3.63) is 65.9 Å². The molecule has 0 atom stereocenters. The van der Waals surface area contributed by atoms with Crippen LogP contribution < -0.4 is 4.74 Å². The molecule has 0 saturated heterocycles. The van der Waals surface area contributed by atoms with Gasteiger partial charge in [-0.3, -0.25) is 4.98 Å². The van der Waals surface area contributed by atoms with Gasteiger partial charge in [-0.2, -0.15) is 0 Å². The maximum atomic E-state index is 9.37. The summed E-state index contributed by atoms with van der Waals surface area (Å²) in [6, 6.07) is 17.3. The van der Waals surface area contributed by atoms with E-state index >= 15 is 0 Å². The summed E-state index contributed by atoms with van der Waals surface area (Å²) in [4.78, 5) is 4.49. The van der Waals surface area contributed by atoms with Gasteiger partial charge in [0.25, 0.3) is 0 Å². The Kier molecular flexibility index (Phi) is 3.35. The van der Waals surface area contributed by atoms with Gasteiger partial charge in [0.05, 0.1) is 12.1 Å². The van der Waals surface area contributed by atoms with Gasteiger partial charge in [-0.15, -0.1) is 0 Å². The van der Waals surface area contributed by atoms with Crippen LogP contribution in [0.4, 0.5) is 0 Å². The molecule has 0 radical (unpaired) electrons. The quantitative estimate of drug-likeness (QED) is 0.782. The van der Waals surface area contributed by atoms with Crippen molar-refractivity contribution in [2.24, 2.45) is 0 Å². The molecular formula is C17H15NO2. The number of nitrogens with zero attached hydrogens (tertiary/aromatic N) is 1. The zero-order chi connectivity index (χ0) is 13.9. The summed E-state index contributed by atoms with van der Waals surface area (Å²) >= 11 is 0. The largest absolute Gasteiger partial charge is 0.456 e. The molecule has 0 unspecified atom stereocenters. The zero-order valence-electron chi connectivity index (χ0n) is 11.2. The van der Waals surface area contributed by atoms with Crippen LogP contribution in [0.1, 0.15) is 11.3 Å². The third kappa shape index (κ3) is 2.36. The minimum atomic E-state index is -0.0435. The highest BCUT2D eigenvalue weighted by Crippen LogP contribution is 2.31. The molecule has 0 bridgehead atoms. The second-order valence-electron chi connectivity index (χ2n) is 4.65. The van der Waals surface area contributed by atoms with Crippen LogP contribution in [0.25, 0.3) is 10.9 Å². The summed E-state index contributed by atoms with van der Waals surface area (Å²) in [5.41, 5.74) is 2.58. The first kappa shape index (κ1) is 12.6. The summed E-state index contributed by atoms with van der Waals surface area (Å²) in [5, 5.41) is 10.3. The van der Waals surface area contributed by atoms with Crippen LogP contribution in [-0.4, -0.2) is 10.1 Å². The SMILES string of the molecule is Cc1cc(Oc2ccccc2CO)c2ccccc2n1. The summed E-state index contributed by atoms with van der Waals surface area (Å²) < 4.78 is 5.99. The number of aliphatic hydroxyl groups is 1. The van der Waals surface area contributed by atoms with Gasteiger partial charge < -0.3 is 9.84 Å². The number of fused-ring (bicyclic) bond motifs is 1. The molecule has 1 aromatic heterocycles. The molecule has 0 fully saturated rings. The number of aliphatic hydroxyl groups excluding tert-OH is 1. The van der Waals surface area contributed by atoms with Crippen molar-refractivity contribution in [1.29, 1.82) is 0 Å². The third-order valence-electron chi connectivity index (χ3n) is 3.17. The lowest BCUT2D eigenvalue weighted by Gasteiger charge is -2.12. The number of para-hydroxylation sites is 2. The number of rotatable bonds is 3. The molecule has 0 amide bonds. The lowest BCUT2D eigenvalue weighted by molar-refractivity contribution is 0.276. The van der Waals surface area contributed by atoms with Gasteiger partial charge in [0.2, 0.25) is 0 Å². The smallest absolute Gasteiger partial charge is 0.138 e. The zero-order valence-corrected chi connectivity index (χ0v) is 11.2. The Balaban J connectivity index is 2.10. The predicted octanol–water partition coefficient (Wildman–Crippen LogP) is 3.83. The molecule has 0 saturated carbocycles. The molecule has 1 heterocycles. The Morgan fingerprint density at radius 3 is 2.60 bits per heavy atom. The fourth-order valence-electron chi connectivity index (χ4n) is 2.21. The summed E-state index contributed by atoms with van der Waals surface area (Å²) in [7, 11) is 0. The van der Waals surface area contributed by atoms with E-state index in [9.17, 15) is 5.11 Å². The second kappa shape index (κ2) is 5.31. The molecule has 20 heavy (non-hydrogen) atoms. The maximum Gasteiger partial charge on any atom is 0.138 e. The first-order valence-electron chi connectivity index (χ1n) is 6.51. The minimum absolute atomic E-state index is 0.0435. The van der Waals surface area contributed by atoms with Gasteiger partial charge in [0, 0.05) is 22.7 Å². The average molecular weight is 265 g/mol. The number of hydrogen-bond donors (Lipinski definition) is 1. The lowest BCUT2D eigenvalue weighted by Crippen LogP contribution is -1.94. The fourth-order valence-corrected chi connectivity index (χ4v) is 2.21. The van der Waals surface area contributed by atoms with Crippen LogP contribution >= 0.6 is 0 Å². The van der Waals surface area contributed by atoms with Crippen LogP contribution in [0.5, 0.6) is 11.5 Å². The van der Waals surface area contributed by atoms with Crippen molar-refractivity contribution in [3.8, 4) is 11.5 Å². The molecule has 0 aliphatic heterocycles. The van der Waals surface area contributed by atoms with E-state index in [-0.39, 0.29) is 6.61 Å².